The molecule has 2 aromatic rings. The first-order valence-electron chi connectivity index (χ1n) is 6.39. The summed E-state index contributed by atoms with van der Waals surface area (Å²) in [6.45, 7) is 5.73. The molecule has 0 spiro atoms. The molecule has 0 atom stereocenters. The maximum absolute atomic E-state index is 5.37. The van der Waals surface area contributed by atoms with Gasteiger partial charge < -0.3 is 10.1 Å². The third-order valence-electron chi connectivity index (χ3n) is 2.81. The number of hydrogen-bond acceptors (Lipinski definition) is 5. The first kappa shape index (κ1) is 13.5. The fraction of sp³-hybridized carbons (Fsp3) is 0.462. The Balaban J connectivity index is 2.31. The summed E-state index contributed by atoms with van der Waals surface area (Å²) >= 11 is 0. The van der Waals surface area contributed by atoms with Crippen LogP contribution in [0.15, 0.2) is 18.2 Å². The molecule has 0 saturated heterocycles. The van der Waals surface area contributed by atoms with Crippen molar-refractivity contribution in [1.82, 2.24) is 25.5 Å². The second-order valence-electron chi connectivity index (χ2n) is 4.36. The summed E-state index contributed by atoms with van der Waals surface area (Å²) < 4.78 is 7.08. The van der Waals surface area contributed by atoms with Crippen LogP contribution in [0.4, 0.5) is 0 Å². The van der Waals surface area contributed by atoms with Gasteiger partial charge in [-0.3, -0.25) is 0 Å². The Morgan fingerprint density at radius 3 is 2.95 bits per heavy atom. The zero-order valence-corrected chi connectivity index (χ0v) is 11.6. The summed E-state index contributed by atoms with van der Waals surface area (Å²) in [6, 6.07) is 5.94. The monoisotopic (exact) mass is 261 g/mol. The highest BCUT2D eigenvalue weighted by atomic mass is 16.5. The Kier molecular flexibility index (Phi) is 4.46. The molecule has 1 heterocycles. The molecule has 0 aliphatic rings. The van der Waals surface area contributed by atoms with Crippen LogP contribution in [0, 0.1) is 6.92 Å². The van der Waals surface area contributed by atoms with E-state index in [1.807, 2.05) is 25.1 Å². The van der Waals surface area contributed by atoms with Crippen molar-refractivity contribution < 1.29 is 4.74 Å². The van der Waals surface area contributed by atoms with Gasteiger partial charge >= 0.3 is 0 Å². The minimum absolute atomic E-state index is 0.637. The molecule has 0 aliphatic heterocycles. The Bertz CT molecular complexity index is 538. The van der Waals surface area contributed by atoms with Crippen molar-refractivity contribution in [1.29, 1.82) is 0 Å². The maximum Gasteiger partial charge on any atom is 0.170 e. The Morgan fingerprint density at radius 1 is 1.37 bits per heavy atom. The second kappa shape index (κ2) is 6.29. The number of benzene rings is 1. The number of aryl methyl sites for hydroxylation is 1. The number of aromatic nitrogens is 4. The molecule has 0 unspecified atom stereocenters. The zero-order valence-electron chi connectivity index (χ0n) is 11.6. The van der Waals surface area contributed by atoms with Crippen molar-refractivity contribution in [3.8, 4) is 11.4 Å². The van der Waals surface area contributed by atoms with Gasteiger partial charge in [-0.05, 0) is 48.0 Å². The summed E-state index contributed by atoms with van der Waals surface area (Å²) in [5.74, 6) is 1.53. The van der Waals surface area contributed by atoms with E-state index in [-0.39, 0.29) is 0 Å². The number of hydrogen-bond donors (Lipinski definition) is 1. The highest BCUT2D eigenvalue weighted by molar-refractivity contribution is 5.48. The van der Waals surface area contributed by atoms with Crippen LogP contribution in [0.2, 0.25) is 0 Å². The fourth-order valence-corrected chi connectivity index (χ4v) is 1.85. The van der Waals surface area contributed by atoms with Crippen LogP contribution in [0.25, 0.3) is 5.69 Å². The molecule has 0 aliphatic carbocycles. The number of ether oxygens (including phenoxy) is 1. The molecular formula is C13H19N5O. The van der Waals surface area contributed by atoms with Gasteiger partial charge in [0.05, 0.1) is 13.7 Å². The molecule has 0 amide bonds. The Morgan fingerprint density at radius 2 is 2.21 bits per heavy atom. The molecule has 102 valence electrons. The maximum atomic E-state index is 5.37. The van der Waals surface area contributed by atoms with E-state index in [1.165, 1.54) is 0 Å². The van der Waals surface area contributed by atoms with Crippen LogP contribution in [0.1, 0.15) is 24.7 Å². The number of nitrogens with one attached hydrogen (secondary N) is 1. The van der Waals surface area contributed by atoms with Crippen LogP contribution in [0.3, 0.4) is 0 Å². The lowest BCUT2D eigenvalue weighted by Gasteiger charge is -2.10. The molecular weight excluding hydrogens is 242 g/mol. The van der Waals surface area contributed by atoms with Crippen LogP contribution in [-0.2, 0) is 6.54 Å². The van der Waals surface area contributed by atoms with Gasteiger partial charge in [-0.1, -0.05) is 13.0 Å². The van der Waals surface area contributed by atoms with Crippen molar-refractivity contribution in [2.75, 3.05) is 13.7 Å². The predicted octanol–water partition coefficient (Wildman–Crippen LogP) is 1.48. The van der Waals surface area contributed by atoms with Crippen molar-refractivity contribution >= 4 is 0 Å². The molecule has 0 fully saturated rings. The molecule has 6 heteroatoms. The van der Waals surface area contributed by atoms with Crippen LogP contribution >= 0.6 is 0 Å². The summed E-state index contributed by atoms with van der Waals surface area (Å²) in [4.78, 5) is 0. The minimum Gasteiger partial charge on any atom is -0.494 e. The molecule has 6 nitrogen and oxygen atoms in total. The molecule has 1 aromatic heterocycles. The number of nitrogens with zero attached hydrogens (tertiary/aromatic N) is 4. The van der Waals surface area contributed by atoms with E-state index in [9.17, 15) is 0 Å². The normalized spacial score (nSPS) is 10.7. The molecule has 0 radical (unpaired) electrons. The van der Waals surface area contributed by atoms with E-state index >= 15 is 0 Å². The average molecular weight is 261 g/mol. The average Bonchev–Trinajstić information content (AvgIpc) is 2.87. The summed E-state index contributed by atoms with van der Waals surface area (Å²) in [7, 11) is 1.65. The number of rotatable bonds is 6. The van der Waals surface area contributed by atoms with Gasteiger partial charge in [-0.2, -0.15) is 4.68 Å². The van der Waals surface area contributed by atoms with Gasteiger partial charge in [0.1, 0.15) is 11.4 Å². The topological polar surface area (TPSA) is 64.9 Å². The third-order valence-corrected chi connectivity index (χ3v) is 2.81. The lowest BCUT2D eigenvalue weighted by molar-refractivity contribution is 0.410. The molecule has 1 N–H and O–H groups in total. The number of methoxy groups -OCH3 is 1. The quantitative estimate of drug-likeness (QED) is 0.798. The van der Waals surface area contributed by atoms with Crippen LogP contribution < -0.4 is 10.1 Å². The smallest absolute Gasteiger partial charge is 0.170 e. The SMILES string of the molecule is CCCNCc1nnnn1-c1cc(C)ccc1OC. The van der Waals surface area contributed by atoms with E-state index in [2.05, 4.69) is 27.8 Å². The summed E-state index contributed by atoms with van der Waals surface area (Å²) in [5, 5.41) is 15.1. The predicted molar refractivity (Wildman–Crippen MR) is 72.4 cm³/mol. The second-order valence-corrected chi connectivity index (χ2v) is 4.36. The first-order valence-corrected chi connectivity index (χ1v) is 6.39. The molecule has 2 rings (SSSR count). The molecule has 1 aromatic carbocycles. The molecule has 0 bridgehead atoms. The van der Waals surface area contributed by atoms with Gasteiger partial charge in [0.15, 0.2) is 5.82 Å². The largest absolute Gasteiger partial charge is 0.494 e. The standard InChI is InChI=1S/C13H19N5O/c1-4-7-14-9-13-15-16-17-18(13)11-8-10(2)5-6-12(11)19-3/h5-6,8,14H,4,7,9H2,1-3H3. The van der Waals surface area contributed by atoms with Gasteiger partial charge in [0.2, 0.25) is 0 Å². The van der Waals surface area contributed by atoms with E-state index in [0.717, 1.165) is 35.8 Å². The van der Waals surface area contributed by atoms with E-state index < -0.39 is 0 Å². The zero-order chi connectivity index (χ0) is 13.7. The van der Waals surface area contributed by atoms with Gasteiger partial charge in [0.25, 0.3) is 0 Å². The highest BCUT2D eigenvalue weighted by Gasteiger charge is 2.12. The van der Waals surface area contributed by atoms with E-state index in [4.69, 9.17) is 4.74 Å². The van der Waals surface area contributed by atoms with Crippen molar-refractivity contribution in [3.63, 3.8) is 0 Å². The summed E-state index contributed by atoms with van der Waals surface area (Å²) in [5.41, 5.74) is 2.00. The third kappa shape index (κ3) is 3.08. The molecule has 0 saturated carbocycles. The number of tetrazole rings is 1. The van der Waals surface area contributed by atoms with Crippen molar-refractivity contribution in [3.05, 3.63) is 29.6 Å². The summed E-state index contributed by atoms with van der Waals surface area (Å²) in [6.07, 6.45) is 1.08. The Labute approximate surface area is 112 Å². The van der Waals surface area contributed by atoms with Crippen LogP contribution in [-0.4, -0.2) is 33.9 Å². The lowest BCUT2D eigenvalue weighted by atomic mass is 10.2. The Hall–Kier alpha value is -1.95. The van der Waals surface area contributed by atoms with Gasteiger partial charge in [0, 0.05) is 0 Å². The van der Waals surface area contributed by atoms with E-state index in [0.29, 0.717) is 6.54 Å². The van der Waals surface area contributed by atoms with E-state index in [1.54, 1.807) is 11.8 Å². The fourth-order valence-electron chi connectivity index (χ4n) is 1.85. The van der Waals surface area contributed by atoms with Gasteiger partial charge in [-0.15, -0.1) is 5.10 Å². The first-order chi connectivity index (χ1) is 9.26. The van der Waals surface area contributed by atoms with Gasteiger partial charge in [-0.25, -0.2) is 0 Å². The van der Waals surface area contributed by atoms with Crippen molar-refractivity contribution in [2.45, 2.75) is 26.8 Å². The highest BCUT2D eigenvalue weighted by Crippen LogP contribution is 2.23. The lowest BCUT2D eigenvalue weighted by Crippen LogP contribution is -2.18. The van der Waals surface area contributed by atoms with Crippen molar-refractivity contribution in [2.24, 2.45) is 0 Å². The molecule has 19 heavy (non-hydrogen) atoms. The minimum atomic E-state index is 0.637. The van der Waals surface area contributed by atoms with Crippen LogP contribution in [0.5, 0.6) is 5.75 Å².